The maximum Gasteiger partial charge on any atom is 0.246 e. The Bertz CT molecular complexity index is 517. The van der Waals surface area contributed by atoms with E-state index in [0.717, 1.165) is 10.4 Å². The van der Waals surface area contributed by atoms with Gasteiger partial charge in [-0.15, -0.1) is 11.3 Å². The number of thiophene rings is 1. The molecular formula is C15H15NOS. The lowest BCUT2D eigenvalue weighted by Crippen LogP contribution is -2.23. The predicted molar refractivity (Wildman–Crippen MR) is 76.3 cm³/mol. The standard InChI is InChI=1S/C15H15NOS/c1-16(12-13-6-3-2-4-7-13)15(17)10-9-14-8-5-11-18-14/h2-11H,12H2,1H3. The highest BCUT2D eigenvalue weighted by molar-refractivity contribution is 7.10. The van der Waals surface area contributed by atoms with Crippen LogP contribution in [-0.4, -0.2) is 17.9 Å². The van der Waals surface area contributed by atoms with E-state index in [0.29, 0.717) is 6.54 Å². The molecule has 0 spiro atoms. The van der Waals surface area contributed by atoms with Crippen LogP contribution < -0.4 is 0 Å². The minimum atomic E-state index is 0.0206. The molecule has 0 atom stereocenters. The lowest BCUT2D eigenvalue weighted by molar-refractivity contribution is -0.125. The zero-order valence-corrected chi connectivity index (χ0v) is 11.1. The summed E-state index contributed by atoms with van der Waals surface area (Å²) in [6.45, 7) is 0.633. The maximum absolute atomic E-state index is 11.9. The smallest absolute Gasteiger partial charge is 0.246 e. The topological polar surface area (TPSA) is 20.3 Å². The van der Waals surface area contributed by atoms with Crippen molar-refractivity contribution in [1.29, 1.82) is 0 Å². The number of amides is 1. The third-order valence-electron chi connectivity index (χ3n) is 2.57. The summed E-state index contributed by atoms with van der Waals surface area (Å²) < 4.78 is 0. The van der Waals surface area contributed by atoms with Crippen LogP contribution in [0.4, 0.5) is 0 Å². The van der Waals surface area contributed by atoms with E-state index in [4.69, 9.17) is 0 Å². The average molecular weight is 257 g/mol. The Morgan fingerprint density at radius 2 is 2.00 bits per heavy atom. The highest BCUT2D eigenvalue weighted by Crippen LogP contribution is 2.10. The summed E-state index contributed by atoms with van der Waals surface area (Å²) in [4.78, 5) is 14.7. The Labute approximate surface area is 111 Å². The van der Waals surface area contributed by atoms with E-state index in [1.54, 1.807) is 22.3 Å². The number of likely N-dealkylation sites (N-methyl/N-ethyl adjacent to an activating group) is 1. The molecule has 0 saturated heterocycles. The molecule has 0 saturated carbocycles. The number of nitrogens with zero attached hydrogens (tertiary/aromatic N) is 1. The Kier molecular flexibility index (Phi) is 4.31. The fourth-order valence-electron chi connectivity index (χ4n) is 1.60. The van der Waals surface area contributed by atoms with Gasteiger partial charge in [-0.2, -0.15) is 0 Å². The predicted octanol–water partition coefficient (Wildman–Crippen LogP) is 3.42. The van der Waals surface area contributed by atoms with Crippen LogP contribution in [0.15, 0.2) is 53.9 Å². The van der Waals surface area contributed by atoms with Crippen molar-refractivity contribution >= 4 is 23.3 Å². The monoisotopic (exact) mass is 257 g/mol. The largest absolute Gasteiger partial charge is 0.338 e. The van der Waals surface area contributed by atoms with E-state index in [2.05, 4.69) is 0 Å². The Morgan fingerprint density at radius 3 is 2.67 bits per heavy atom. The van der Waals surface area contributed by atoms with Crippen LogP contribution in [0.3, 0.4) is 0 Å². The van der Waals surface area contributed by atoms with E-state index in [-0.39, 0.29) is 5.91 Å². The molecule has 18 heavy (non-hydrogen) atoms. The summed E-state index contributed by atoms with van der Waals surface area (Å²) in [6, 6.07) is 13.9. The van der Waals surface area contributed by atoms with Gasteiger partial charge in [-0.05, 0) is 23.1 Å². The fraction of sp³-hybridized carbons (Fsp3) is 0.133. The van der Waals surface area contributed by atoms with Crippen LogP contribution in [0.1, 0.15) is 10.4 Å². The molecule has 0 aliphatic rings. The van der Waals surface area contributed by atoms with Crippen LogP contribution in [0.2, 0.25) is 0 Å². The summed E-state index contributed by atoms with van der Waals surface area (Å²) in [5.74, 6) is 0.0206. The van der Waals surface area contributed by atoms with Gasteiger partial charge in [0, 0.05) is 24.5 Å². The van der Waals surface area contributed by atoms with Crippen molar-refractivity contribution < 1.29 is 4.79 Å². The zero-order valence-electron chi connectivity index (χ0n) is 10.2. The molecule has 3 heteroatoms. The van der Waals surface area contributed by atoms with Crippen LogP contribution in [0, 0.1) is 0 Å². The summed E-state index contributed by atoms with van der Waals surface area (Å²) in [7, 11) is 1.81. The molecule has 1 amide bonds. The molecule has 0 unspecified atom stereocenters. The minimum Gasteiger partial charge on any atom is -0.338 e. The summed E-state index contributed by atoms with van der Waals surface area (Å²) in [5.41, 5.74) is 1.14. The number of rotatable bonds is 4. The molecule has 0 aliphatic carbocycles. The van der Waals surface area contributed by atoms with Gasteiger partial charge in [-0.1, -0.05) is 36.4 Å². The van der Waals surface area contributed by atoms with Gasteiger partial charge in [0.2, 0.25) is 5.91 Å². The molecule has 0 fully saturated rings. The van der Waals surface area contributed by atoms with Crippen molar-refractivity contribution in [3.8, 4) is 0 Å². The lowest BCUT2D eigenvalue weighted by atomic mass is 10.2. The van der Waals surface area contributed by atoms with Crippen molar-refractivity contribution in [2.24, 2.45) is 0 Å². The quantitative estimate of drug-likeness (QED) is 0.769. The number of hydrogen-bond donors (Lipinski definition) is 0. The van der Waals surface area contributed by atoms with Crippen molar-refractivity contribution in [2.45, 2.75) is 6.54 Å². The summed E-state index contributed by atoms with van der Waals surface area (Å²) in [5, 5.41) is 2.00. The first-order valence-electron chi connectivity index (χ1n) is 5.76. The minimum absolute atomic E-state index is 0.0206. The van der Waals surface area contributed by atoms with Crippen LogP contribution >= 0.6 is 11.3 Å². The molecule has 1 aromatic heterocycles. The van der Waals surface area contributed by atoms with E-state index in [9.17, 15) is 4.79 Å². The molecule has 0 N–H and O–H groups in total. The van der Waals surface area contributed by atoms with Crippen molar-refractivity contribution in [3.05, 3.63) is 64.4 Å². The van der Waals surface area contributed by atoms with Gasteiger partial charge in [-0.3, -0.25) is 4.79 Å². The first kappa shape index (κ1) is 12.6. The maximum atomic E-state index is 11.9. The van der Waals surface area contributed by atoms with E-state index in [1.165, 1.54) is 0 Å². The molecule has 2 nitrogen and oxygen atoms in total. The molecule has 1 aromatic carbocycles. The highest BCUT2D eigenvalue weighted by Gasteiger charge is 2.05. The van der Waals surface area contributed by atoms with Crippen molar-refractivity contribution in [1.82, 2.24) is 4.90 Å². The first-order valence-corrected chi connectivity index (χ1v) is 6.64. The van der Waals surface area contributed by atoms with Gasteiger partial charge in [0.15, 0.2) is 0 Å². The first-order chi connectivity index (χ1) is 8.75. The molecule has 2 aromatic rings. The Morgan fingerprint density at radius 1 is 1.22 bits per heavy atom. The molecule has 1 heterocycles. The van der Waals surface area contributed by atoms with E-state index in [1.807, 2.05) is 61.0 Å². The van der Waals surface area contributed by atoms with Crippen molar-refractivity contribution in [2.75, 3.05) is 7.05 Å². The van der Waals surface area contributed by atoms with Gasteiger partial charge in [-0.25, -0.2) is 0 Å². The highest BCUT2D eigenvalue weighted by atomic mass is 32.1. The van der Waals surface area contributed by atoms with Gasteiger partial charge in [0.1, 0.15) is 0 Å². The van der Waals surface area contributed by atoms with Crippen molar-refractivity contribution in [3.63, 3.8) is 0 Å². The zero-order chi connectivity index (χ0) is 12.8. The summed E-state index contributed by atoms with van der Waals surface area (Å²) in [6.07, 6.45) is 3.48. The van der Waals surface area contributed by atoms with Gasteiger partial charge in [0.05, 0.1) is 0 Å². The Balaban J connectivity index is 1.93. The Hall–Kier alpha value is -1.87. The SMILES string of the molecule is CN(Cc1ccccc1)C(=O)C=Cc1cccs1. The normalized spacial score (nSPS) is 10.7. The van der Waals surface area contributed by atoms with E-state index >= 15 is 0 Å². The number of hydrogen-bond acceptors (Lipinski definition) is 2. The number of carbonyl (C=O) groups is 1. The third-order valence-corrected chi connectivity index (χ3v) is 3.41. The number of carbonyl (C=O) groups excluding carboxylic acids is 1. The molecule has 0 aliphatic heterocycles. The van der Waals surface area contributed by atoms with Crippen LogP contribution in [0.5, 0.6) is 0 Å². The second-order valence-electron chi connectivity index (χ2n) is 4.03. The molecular weight excluding hydrogens is 242 g/mol. The van der Waals surface area contributed by atoms with Gasteiger partial charge < -0.3 is 4.90 Å². The second-order valence-corrected chi connectivity index (χ2v) is 5.01. The number of benzene rings is 1. The van der Waals surface area contributed by atoms with Gasteiger partial charge in [0.25, 0.3) is 0 Å². The third kappa shape index (κ3) is 3.57. The lowest BCUT2D eigenvalue weighted by Gasteiger charge is -2.14. The van der Waals surface area contributed by atoms with Crippen LogP contribution in [0.25, 0.3) is 6.08 Å². The molecule has 92 valence electrons. The van der Waals surface area contributed by atoms with Crippen LogP contribution in [-0.2, 0) is 11.3 Å². The second kappa shape index (κ2) is 6.17. The molecule has 2 rings (SSSR count). The molecule has 0 bridgehead atoms. The average Bonchev–Trinajstić information content (AvgIpc) is 2.90. The summed E-state index contributed by atoms with van der Waals surface area (Å²) >= 11 is 1.62. The van der Waals surface area contributed by atoms with E-state index < -0.39 is 0 Å². The fourth-order valence-corrected chi connectivity index (χ4v) is 2.22. The molecule has 0 radical (unpaired) electrons. The van der Waals surface area contributed by atoms with Gasteiger partial charge >= 0.3 is 0 Å².